The van der Waals surface area contributed by atoms with Crippen LogP contribution in [0.15, 0.2) is 33.1 Å². The summed E-state index contributed by atoms with van der Waals surface area (Å²) < 4.78 is 31.0. The molecule has 1 fully saturated rings. The highest BCUT2D eigenvalue weighted by atomic mass is 32.2. The van der Waals surface area contributed by atoms with E-state index >= 15 is 0 Å². The van der Waals surface area contributed by atoms with Crippen molar-refractivity contribution in [2.75, 3.05) is 18.1 Å². The van der Waals surface area contributed by atoms with E-state index in [0.29, 0.717) is 18.2 Å². The lowest BCUT2D eigenvalue weighted by Crippen LogP contribution is -2.42. The molecule has 0 spiro atoms. The van der Waals surface area contributed by atoms with Gasteiger partial charge in [-0.05, 0) is 30.4 Å². The summed E-state index contributed by atoms with van der Waals surface area (Å²) in [6.45, 7) is 3.02. The number of aliphatic hydroxyl groups is 1. The van der Waals surface area contributed by atoms with Gasteiger partial charge in [0.2, 0.25) is 0 Å². The predicted molar refractivity (Wildman–Crippen MR) is 88.4 cm³/mol. The number of sulfone groups is 1. The second-order valence-corrected chi connectivity index (χ2v) is 8.95. The van der Waals surface area contributed by atoms with Gasteiger partial charge in [-0.15, -0.1) is 10.2 Å². The minimum absolute atomic E-state index is 0.0107. The molecular weight excluding hydrogens is 352 g/mol. The van der Waals surface area contributed by atoms with Crippen LogP contribution in [-0.4, -0.2) is 63.4 Å². The molecule has 3 rings (SSSR count). The lowest BCUT2D eigenvalue weighted by atomic mass is 10.2. The van der Waals surface area contributed by atoms with Crippen molar-refractivity contribution >= 4 is 21.6 Å². The third-order valence-electron chi connectivity index (χ3n) is 4.03. The van der Waals surface area contributed by atoms with Crippen LogP contribution < -0.4 is 0 Å². The van der Waals surface area contributed by atoms with Crippen molar-refractivity contribution < 1.29 is 17.9 Å². The Morgan fingerprint density at radius 3 is 2.83 bits per heavy atom. The highest BCUT2D eigenvalue weighted by molar-refractivity contribution is 7.99. The van der Waals surface area contributed by atoms with Crippen LogP contribution in [-0.2, 0) is 23.4 Å². The van der Waals surface area contributed by atoms with Gasteiger partial charge in [-0.25, -0.2) is 8.42 Å². The van der Waals surface area contributed by atoms with E-state index in [-0.39, 0.29) is 17.5 Å². The van der Waals surface area contributed by atoms with Gasteiger partial charge in [0.05, 0.1) is 30.2 Å². The van der Waals surface area contributed by atoms with E-state index < -0.39 is 15.9 Å². The Hall–Kier alpha value is -1.36. The average Bonchev–Trinajstić information content (AvgIpc) is 3.18. The first kappa shape index (κ1) is 17.5. The van der Waals surface area contributed by atoms with Gasteiger partial charge in [0.15, 0.2) is 20.1 Å². The molecule has 8 nitrogen and oxygen atoms in total. The monoisotopic (exact) mass is 372 g/mol. The van der Waals surface area contributed by atoms with Crippen molar-refractivity contribution in [3.8, 4) is 0 Å². The number of hydrogen-bond acceptors (Lipinski definition) is 8. The standard InChI is InChI=1S/C14H20N4O4S2/c1-3-18(11-7-24(20,21)8-12(11)19)6-10-4-5-13(22-10)23-14-16-15-9-17(14)2/h4-5,9,11-12,19H,3,6-8H2,1-2H3/t11-,12-/m0/s1. The van der Waals surface area contributed by atoms with Gasteiger partial charge in [-0.2, -0.15) is 0 Å². The van der Waals surface area contributed by atoms with E-state index in [0.717, 1.165) is 10.9 Å². The molecule has 10 heteroatoms. The number of rotatable bonds is 6. The highest BCUT2D eigenvalue weighted by Crippen LogP contribution is 2.28. The Labute approximate surface area is 144 Å². The van der Waals surface area contributed by atoms with Crippen molar-refractivity contribution in [2.24, 2.45) is 7.05 Å². The predicted octanol–water partition coefficient (Wildman–Crippen LogP) is 0.539. The third kappa shape index (κ3) is 3.82. The molecule has 0 bridgehead atoms. The molecule has 2 atom stereocenters. The quantitative estimate of drug-likeness (QED) is 0.784. The first-order chi connectivity index (χ1) is 11.4. The Balaban J connectivity index is 1.68. The van der Waals surface area contributed by atoms with Crippen LogP contribution in [0.1, 0.15) is 12.7 Å². The van der Waals surface area contributed by atoms with E-state index in [1.54, 1.807) is 10.9 Å². The Morgan fingerprint density at radius 2 is 2.25 bits per heavy atom. The maximum atomic E-state index is 11.7. The molecule has 1 N–H and O–H groups in total. The molecule has 0 radical (unpaired) electrons. The SMILES string of the molecule is CCN(Cc1ccc(Sc2nncn2C)o1)[C@H]1CS(=O)(=O)C[C@@H]1O. The Kier molecular flexibility index (Phi) is 5.00. The van der Waals surface area contributed by atoms with Gasteiger partial charge in [-0.1, -0.05) is 6.92 Å². The summed E-state index contributed by atoms with van der Waals surface area (Å²) >= 11 is 1.37. The smallest absolute Gasteiger partial charge is 0.198 e. The fourth-order valence-electron chi connectivity index (χ4n) is 2.78. The molecule has 0 aromatic carbocycles. The molecule has 0 saturated carbocycles. The fourth-order valence-corrected chi connectivity index (χ4v) is 5.35. The van der Waals surface area contributed by atoms with Crippen LogP contribution in [0.5, 0.6) is 0 Å². The number of aromatic nitrogens is 3. The molecule has 2 aromatic heterocycles. The first-order valence-electron chi connectivity index (χ1n) is 7.61. The number of aryl methyl sites for hydroxylation is 1. The first-order valence-corrected chi connectivity index (χ1v) is 10.2. The van der Waals surface area contributed by atoms with E-state index in [1.807, 2.05) is 31.0 Å². The molecule has 1 saturated heterocycles. The molecule has 2 aromatic rings. The summed E-state index contributed by atoms with van der Waals surface area (Å²) in [5.74, 6) is 0.543. The summed E-state index contributed by atoms with van der Waals surface area (Å²) in [6, 6.07) is 3.32. The molecule has 1 aliphatic heterocycles. The Morgan fingerprint density at radius 1 is 1.46 bits per heavy atom. The normalized spacial score (nSPS) is 23.2. The van der Waals surface area contributed by atoms with Crippen LogP contribution >= 0.6 is 11.8 Å². The van der Waals surface area contributed by atoms with E-state index in [2.05, 4.69) is 10.2 Å². The molecule has 0 amide bonds. The van der Waals surface area contributed by atoms with E-state index in [9.17, 15) is 13.5 Å². The largest absolute Gasteiger partial charge is 0.453 e. The van der Waals surface area contributed by atoms with Gasteiger partial charge in [-0.3, -0.25) is 4.90 Å². The summed E-state index contributed by atoms with van der Waals surface area (Å²) in [4.78, 5) is 1.94. The molecular formula is C14H20N4O4S2. The van der Waals surface area contributed by atoms with Gasteiger partial charge in [0.1, 0.15) is 12.1 Å². The van der Waals surface area contributed by atoms with Crippen LogP contribution in [0.2, 0.25) is 0 Å². The van der Waals surface area contributed by atoms with Crippen molar-refractivity contribution in [2.45, 2.75) is 35.9 Å². The molecule has 0 unspecified atom stereocenters. The maximum Gasteiger partial charge on any atom is 0.198 e. The minimum Gasteiger partial charge on any atom is -0.453 e. The highest BCUT2D eigenvalue weighted by Gasteiger charge is 2.39. The number of nitrogens with zero attached hydrogens (tertiary/aromatic N) is 4. The number of aliphatic hydroxyl groups excluding tert-OH is 1. The van der Waals surface area contributed by atoms with Gasteiger partial charge in [0, 0.05) is 7.05 Å². The lowest BCUT2D eigenvalue weighted by Gasteiger charge is -2.27. The summed E-state index contributed by atoms with van der Waals surface area (Å²) in [6.07, 6.45) is 0.768. The zero-order chi connectivity index (χ0) is 17.3. The zero-order valence-electron chi connectivity index (χ0n) is 13.5. The van der Waals surface area contributed by atoms with Crippen molar-refractivity contribution in [1.82, 2.24) is 19.7 Å². The second kappa shape index (κ2) is 6.87. The van der Waals surface area contributed by atoms with Gasteiger partial charge >= 0.3 is 0 Å². The Bertz CT molecular complexity index is 801. The van der Waals surface area contributed by atoms with Gasteiger partial charge < -0.3 is 14.1 Å². The minimum atomic E-state index is -3.17. The third-order valence-corrected chi connectivity index (χ3v) is 6.70. The topological polar surface area (TPSA) is 101 Å². The van der Waals surface area contributed by atoms with Crippen molar-refractivity contribution in [1.29, 1.82) is 0 Å². The fraction of sp³-hybridized carbons (Fsp3) is 0.571. The zero-order valence-corrected chi connectivity index (χ0v) is 15.1. The van der Waals surface area contributed by atoms with Crippen LogP contribution in [0, 0.1) is 0 Å². The van der Waals surface area contributed by atoms with Crippen molar-refractivity contribution in [3.05, 3.63) is 24.2 Å². The number of furan rings is 1. The van der Waals surface area contributed by atoms with Gasteiger partial charge in [0.25, 0.3) is 0 Å². The number of hydrogen-bond donors (Lipinski definition) is 1. The molecule has 0 aliphatic carbocycles. The van der Waals surface area contributed by atoms with E-state index in [4.69, 9.17) is 4.42 Å². The van der Waals surface area contributed by atoms with Crippen molar-refractivity contribution in [3.63, 3.8) is 0 Å². The molecule has 1 aliphatic rings. The molecule has 3 heterocycles. The summed E-state index contributed by atoms with van der Waals surface area (Å²) in [5.41, 5.74) is 0. The summed E-state index contributed by atoms with van der Waals surface area (Å²) in [7, 11) is -1.32. The summed E-state index contributed by atoms with van der Waals surface area (Å²) in [5, 5.41) is 19.3. The number of likely N-dealkylation sites (N-methyl/N-ethyl adjacent to an activating group) is 1. The average molecular weight is 372 g/mol. The second-order valence-electron chi connectivity index (χ2n) is 5.82. The molecule has 24 heavy (non-hydrogen) atoms. The molecule has 132 valence electrons. The van der Waals surface area contributed by atoms with Crippen LogP contribution in [0.3, 0.4) is 0 Å². The van der Waals surface area contributed by atoms with Crippen LogP contribution in [0.25, 0.3) is 0 Å². The van der Waals surface area contributed by atoms with E-state index in [1.165, 1.54) is 11.8 Å². The maximum absolute atomic E-state index is 11.7. The van der Waals surface area contributed by atoms with Crippen LogP contribution in [0.4, 0.5) is 0 Å². The lowest BCUT2D eigenvalue weighted by molar-refractivity contribution is 0.0767.